The molecule has 0 saturated carbocycles. The lowest BCUT2D eigenvalue weighted by Crippen LogP contribution is -2.52. The normalized spacial score (nSPS) is 19.1. The van der Waals surface area contributed by atoms with E-state index in [2.05, 4.69) is 5.32 Å². The maximum atomic E-state index is 12.8. The molecule has 158 valence electrons. The Bertz CT molecular complexity index is 713. The molecule has 2 aliphatic heterocycles. The van der Waals surface area contributed by atoms with E-state index in [0.717, 1.165) is 45.2 Å². The quantitative estimate of drug-likeness (QED) is 0.711. The van der Waals surface area contributed by atoms with Gasteiger partial charge in [0.25, 0.3) is 5.91 Å². The van der Waals surface area contributed by atoms with Crippen LogP contribution in [0.15, 0.2) is 24.3 Å². The number of piperidine rings is 1. The molecule has 0 aliphatic carbocycles. The van der Waals surface area contributed by atoms with Crippen molar-refractivity contribution in [3.8, 4) is 5.75 Å². The molecule has 1 unspecified atom stereocenters. The number of hydrogen-bond donors (Lipinski definition) is 1. The fraction of sp³-hybridized carbons (Fsp3) is 0.591. The van der Waals surface area contributed by atoms with Crippen LogP contribution in [0.3, 0.4) is 0 Å². The van der Waals surface area contributed by atoms with Gasteiger partial charge in [-0.05, 0) is 62.8 Å². The van der Waals surface area contributed by atoms with E-state index in [1.807, 2.05) is 4.90 Å². The molecular formula is C22H31N3O4. The number of amides is 3. The third-order valence-electron chi connectivity index (χ3n) is 5.73. The number of carbonyl (C=O) groups excluding carboxylic acids is 3. The van der Waals surface area contributed by atoms with Crippen molar-refractivity contribution in [2.45, 2.75) is 51.0 Å². The first-order valence-corrected chi connectivity index (χ1v) is 10.6. The summed E-state index contributed by atoms with van der Waals surface area (Å²) < 4.78 is 5.09. The maximum Gasteiger partial charge on any atom is 0.251 e. The summed E-state index contributed by atoms with van der Waals surface area (Å²) in [6.07, 6.45) is 5.71. The van der Waals surface area contributed by atoms with E-state index >= 15 is 0 Å². The van der Waals surface area contributed by atoms with E-state index in [1.54, 1.807) is 36.3 Å². The molecule has 1 atom stereocenters. The van der Waals surface area contributed by atoms with E-state index in [9.17, 15) is 14.4 Å². The van der Waals surface area contributed by atoms with Gasteiger partial charge in [-0.25, -0.2) is 0 Å². The van der Waals surface area contributed by atoms with Crippen molar-refractivity contribution >= 4 is 17.7 Å². The van der Waals surface area contributed by atoms with Gasteiger partial charge < -0.3 is 19.9 Å². The Kier molecular flexibility index (Phi) is 7.49. The predicted octanol–water partition coefficient (Wildman–Crippen LogP) is 2.21. The summed E-state index contributed by atoms with van der Waals surface area (Å²) in [5.41, 5.74) is 0.560. The molecule has 3 rings (SSSR count). The van der Waals surface area contributed by atoms with Crippen LogP contribution in [-0.4, -0.2) is 66.9 Å². The minimum Gasteiger partial charge on any atom is -0.497 e. The molecule has 0 spiro atoms. The molecule has 0 radical (unpaired) electrons. The number of rotatable bonds is 7. The van der Waals surface area contributed by atoms with E-state index < -0.39 is 0 Å². The van der Waals surface area contributed by atoms with Gasteiger partial charge in [-0.15, -0.1) is 0 Å². The van der Waals surface area contributed by atoms with Crippen LogP contribution in [0.5, 0.6) is 5.75 Å². The summed E-state index contributed by atoms with van der Waals surface area (Å²) in [7, 11) is 1.58. The van der Waals surface area contributed by atoms with E-state index in [0.29, 0.717) is 37.2 Å². The van der Waals surface area contributed by atoms with Gasteiger partial charge in [0.15, 0.2) is 0 Å². The second kappa shape index (κ2) is 10.3. The van der Waals surface area contributed by atoms with Gasteiger partial charge in [-0.3, -0.25) is 14.4 Å². The summed E-state index contributed by atoms with van der Waals surface area (Å²) in [4.78, 5) is 41.4. The molecule has 0 bridgehead atoms. The van der Waals surface area contributed by atoms with E-state index in [-0.39, 0.29) is 23.8 Å². The Morgan fingerprint density at radius 2 is 1.72 bits per heavy atom. The zero-order valence-electron chi connectivity index (χ0n) is 17.2. The molecule has 3 amide bonds. The van der Waals surface area contributed by atoms with Crippen LogP contribution in [0.1, 0.15) is 55.3 Å². The minimum absolute atomic E-state index is 0.0148. The van der Waals surface area contributed by atoms with Crippen LogP contribution in [0.4, 0.5) is 0 Å². The Labute approximate surface area is 172 Å². The standard InChI is InChI=1S/C22H31N3O4/c1-29-18-11-9-17(10-12-18)21(27)23-13-6-8-20(26)25-16-3-2-7-19(25)22(28)24-14-4-5-15-24/h9-12,19H,2-8,13-16H2,1H3,(H,23,27). The van der Waals surface area contributed by atoms with Crippen LogP contribution in [0.25, 0.3) is 0 Å². The summed E-state index contributed by atoms with van der Waals surface area (Å²) >= 11 is 0. The highest BCUT2D eigenvalue weighted by molar-refractivity contribution is 5.94. The van der Waals surface area contributed by atoms with Crippen molar-refractivity contribution in [2.75, 3.05) is 33.3 Å². The zero-order valence-corrected chi connectivity index (χ0v) is 17.2. The number of nitrogens with one attached hydrogen (secondary N) is 1. The summed E-state index contributed by atoms with van der Waals surface area (Å²) in [6, 6.07) is 6.60. The number of benzene rings is 1. The minimum atomic E-state index is -0.303. The Morgan fingerprint density at radius 1 is 1.03 bits per heavy atom. The fourth-order valence-electron chi connectivity index (χ4n) is 4.06. The molecule has 1 N–H and O–H groups in total. The number of carbonyl (C=O) groups is 3. The molecule has 2 heterocycles. The summed E-state index contributed by atoms with van der Waals surface area (Å²) in [6.45, 7) is 2.71. The molecule has 1 aromatic carbocycles. The second-order valence-corrected chi connectivity index (χ2v) is 7.72. The summed E-state index contributed by atoms with van der Waals surface area (Å²) in [5.74, 6) is 0.663. The van der Waals surface area contributed by atoms with Gasteiger partial charge in [0, 0.05) is 38.2 Å². The van der Waals surface area contributed by atoms with Crippen molar-refractivity contribution < 1.29 is 19.1 Å². The first kappa shape index (κ1) is 21.1. The number of ether oxygens (including phenoxy) is 1. The molecule has 0 aromatic heterocycles. The van der Waals surface area contributed by atoms with Crippen molar-refractivity contribution in [2.24, 2.45) is 0 Å². The lowest BCUT2D eigenvalue weighted by atomic mass is 10.00. The first-order valence-electron chi connectivity index (χ1n) is 10.6. The van der Waals surface area contributed by atoms with Crippen LogP contribution < -0.4 is 10.1 Å². The molecule has 7 nitrogen and oxygen atoms in total. The third-order valence-corrected chi connectivity index (χ3v) is 5.73. The largest absolute Gasteiger partial charge is 0.497 e. The van der Waals surface area contributed by atoms with Gasteiger partial charge in [0.2, 0.25) is 11.8 Å². The summed E-state index contributed by atoms with van der Waals surface area (Å²) in [5, 5.41) is 2.85. The van der Waals surface area contributed by atoms with Crippen molar-refractivity contribution in [3.05, 3.63) is 29.8 Å². The Hall–Kier alpha value is -2.57. The average molecular weight is 402 g/mol. The van der Waals surface area contributed by atoms with Gasteiger partial charge in [0.1, 0.15) is 11.8 Å². The average Bonchev–Trinajstić information content (AvgIpc) is 3.31. The Morgan fingerprint density at radius 3 is 2.41 bits per heavy atom. The van der Waals surface area contributed by atoms with Crippen LogP contribution in [-0.2, 0) is 9.59 Å². The smallest absolute Gasteiger partial charge is 0.251 e. The molecular weight excluding hydrogens is 370 g/mol. The lowest BCUT2D eigenvalue weighted by molar-refractivity contribution is -0.147. The van der Waals surface area contributed by atoms with Crippen LogP contribution >= 0.6 is 0 Å². The number of hydrogen-bond acceptors (Lipinski definition) is 4. The van der Waals surface area contributed by atoms with Crippen LogP contribution in [0, 0.1) is 0 Å². The monoisotopic (exact) mass is 401 g/mol. The number of likely N-dealkylation sites (tertiary alicyclic amines) is 2. The van der Waals surface area contributed by atoms with Crippen LogP contribution in [0.2, 0.25) is 0 Å². The molecule has 2 aliphatic rings. The second-order valence-electron chi connectivity index (χ2n) is 7.72. The van der Waals surface area contributed by atoms with Gasteiger partial charge in [-0.2, -0.15) is 0 Å². The van der Waals surface area contributed by atoms with Crippen molar-refractivity contribution in [3.63, 3.8) is 0 Å². The highest BCUT2D eigenvalue weighted by Gasteiger charge is 2.35. The van der Waals surface area contributed by atoms with E-state index in [1.165, 1.54) is 0 Å². The maximum absolute atomic E-state index is 12.8. The Balaban J connectivity index is 1.44. The third kappa shape index (κ3) is 5.49. The predicted molar refractivity (Wildman–Crippen MR) is 110 cm³/mol. The lowest BCUT2D eigenvalue weighted by Gasteiger charge is -2.37. The van der Waals surface area contributed by atoms with Gasteiger partial charge in [-0.1, -0.05) is 0 Å². The molecule has 29 heavy (non-hydrogen) atoms. The van der Waals surface area contributed by atoms with Crippen molar-refractivity contribution in [1.29, 1.82) is 0 Å². The molecule has 2 saturated heterocycles. The zero-order chi connectivity index (χ0) is 20.6. The fourth-order valence-corrected chi connectivity index (χ4v) is 4.06. The molecule has 7 heteroatoms. The topological polar surface area (TPSA) is 79.0 Å². The highest BCUT2D eigenvalue weighted by atomic mass is 16.5. The van der Waals surface area contributed by atoms with Gasteiger partial charge >= 0.3 is 0 Å². The SMILES string of the molecule is COc1ccc(C(=O)NCCCC(=O)N2CCCCC2C(=O)N2CCCC2)cc1. The molecule has 2 fully saturated rings. The number of nitrogens with zero attached hydrogens (tertiary/aromatic N) is 2. The van der Waals surface area contributed by atoms with Gasteiger partial charge in [0.05, 0.1) is 7.11 Å². The van der Waals surface area contributed by atoms with E-state index in [4.69, 9.17) is 4.74 Å². The molecule has 1 aromatic rings. The van der Waals surface area contributed by atoms with Crippen molar-refractivity contribution in [1.82, 2.24) is 15.1 Å². The highest BCUT2D eigenvalue weighted by Crippen LogP contribution is 2.22. The number of methoxy groups -OCH3 is 1. The first-order chi connectivity index (χ1) is 14.1.